The van der Waals surface area contributed by atoms with Crippen LogP contribution in [-0.4, -0.2) is 42.4 Å². The van der Waals surface area contributed by atoms with Crippen molar-refractivity contribution in [2.24, 2.45) is 0 Å². The van der Waals surface area contributed by atoms with E-state index in [4.69, 9.17) is 25.9 Å². The van der Waals surface area contributed by atoms with Crippen molar-refractivity contribution in [3.8, 4) is 11.3 Å². The summed E-state index contributed by atoms with van der Waals surface area (Å²) in [6, 6.07) is 3.94. The summed E-state index contributed by atoms with van der Waals surface area (Å²) in [7, 11) is -0.408. The second-order valence-corrected chi connectivity index (χ2v) is 16.4. The van der Waals surface area contributed by atoms with Gasteiger partial charge < -0.3 is 13.7 Å². The van der Waals surface area contributed by atoms with Gasteiger partial charge in [-0.2, -0.15) is 5.10 Å². The third kappa shape index (κ3) is 5.15. The monoisotopic (exact) mass is 531 g/mol. The molecule has 0 amide bonds. The minimum Gasteiger partial charge on any atom is -0.464 e. The van der Waals surface area contributed by atoms with Crippen LogP contribution in [0.5, 0.6) is 0 Å². The highest BCUT2D eigenvalue weighted by atomic mass is 35.5. The number of carbonyl (C=O) groups excluding carboxylic acids is 1. The Morgan fingerprint density at radius 3 is 2.36 bits per heavy atom. The largest absolute Gasteiger partial charge is 0.464 e. The highest BCUT2D eigenvalue weighted by Crippen LogP contribution is 2.42. The van der Waals surface area contributed by atoms with E-state index in [9.17, 15) is 4.79 Å². The Morgan fingerprint density at radius 1 is 1.11 bits per heavy atom. The fraction of sp³-hybridized carbons (Fsp3) is 0.571. The first-order valence-corrected chi connectivity index (χ1v) is 16.1. The quantitative estimate of drug-likeness (QED) is 0.161. The van der Waals surface area contributed by atoms with E-state index in [1.54, 1.807) is 0 Å². The van der Waals surface area contributed by atoms with Crippen LogP contribution in [-0.2, 0) is 22.3 Å². The third-order valence-corrected chi connectivity index (χ3v) is 12.5. The zero-order valence-corrected chi connectivity index (χ0v) is 25.4. The van der Waals surface area contributed by atoms with Gasteiger partial charge in [0, 0.05) is 36.2 Å². The molecule has 8 heteroatoms. The highest BCUT2D eigenvalue weighted by Gasteiger charge is 2.37. The molecule has 6 nitrogen and oxygen atoms in total. The molecule has 36 heavy (non-hydrogen) atoms. The molecule has 0 saturated carbocycles. The molecule has 0 aliphatic heterocycles. The van der Waals surface area contributed by atoms with Crippen molar-refractivity contribution in [2.45, 2.75) is 92.5 Å². The number of esters is 1. The van der Waals surface area contributed by atoms with E-state index >= 15 is 0 Å². The summed E-state index contributed by atoms with van der Waals surface area (Å²) in [6.45, 7) is 21.6. The van der Waals surface area contributed by atoms with Crippen LogP contribution in [0.3, 0.4) is 0 Å². The summed E-state index contributed by atoms with van der Waals surface area (Å²) < 4.78 is 15.8. The van der Waals surface area contributed by atoms with Gasteiger partial charge in [0.2, 0.25) is 0 Å². The summed E-state index contributed by atoms with van der Waals surface area (Å²) >= 11 is 6.88. The summed E-state index contributed by atoms with van der Waals surface area (Å²) in [5.41, 5.74) is 6.45. The van der Waals surface area contributed by atoms with Gasteiger partial charge in [0.25, 0.3) is 0 Å². The molecule has 0 fully saturated rings. The van der Waals surface area contributed by atoms with Crippen molar-refractivity contribution in [1.29, 1.82) is 0 Å². The van der Waals surface area contributed by atoms with Crippen molar-refractivity contribution in [2.75, 3.05) is 13.7 Å². The zero-order valence-electron chi connectivity index (χ0n) is 23.6. The average molecular weight is 532 g/mol. The zero-order chi connectivity index (χ0) is 27.0. The number of carbonyl (C=O) groups is 1. The molecule has 198 valence electrons. The van der Waals surface area contributed by atoms with Crippen LogP contribution in [0.1, 0.15) is 67.8 Å². The number of hydrogen-bond acceptors (Lipinski definition) is 4. The van der Waals surface area contributed by atoms with Crippen molar-refractivity contribution in [3.05, 3.63) is 39.7 Å². The lowest BCUT2D eigenvalue weighted by molar-refractivity contribution is 0.0587. The Hall–Kier alpha value is -2.09. The summed E-state index contributed by atoms with van der Waals surface area (Å²) in [6.07, 6.45) is 1.76. The third-order valence-electron chi connectivity index (χ3n) is 7.70. The Morgan fingerprint density at radius 2 is 1.78 bits per heavy atom. The number of halogens is 1. The van der Waals surface area contributed by atoms with E-state index in [2.05, 4.69) is 52.3 Å². The number of hydrogen-bond donors (Lipinski definition) is 0. The fourth-order valence-electron chi connectivity index (χ4n) is 4.56. The van der Waals surface area contributed by atoms with Gasteiger partial charge >= 0.3 is 5.97 Å². The van der Waals surface area contributed by atoms with Crippen LogP contribution in [0.25, 0.3) is 22.2 Å². The SMILES string of the molecule is CCCn1nc(C)c(C)c1-c1c(Cl)ccc2c1c(C)c(C(=O)OC)n2CCCO[Si](C)(C)C(C)(C)C. The van der Waals surface area contributed by atoms with E-state index in [0.29, 0.717) is 23.9 Å². The van der Waals surface area contributed by atoms with Crippen LogP contribution in [0.2, 0.25) is 23.2 Å². The number of fused-ring (bicyclic) bond motifs is 1. The molecule has 0 bridgehead atoms. The van der Waals surface area contributed by atoms with Crippen LogP contribution in [0.15, 0.2) is 12.1 Å². The number of rotatable bonds is 9. The minimum absolute atomic E-state index is 0.157. The molecule has 0 radical (unpaired) electrons. The number of aryl methyl sites for hydroxylation is 4. The summed E-state index contributed by atoms with van der Waals surface area (Å²) in [4.78, 5) is 13.0. The first-order valence-electron chi connectivity index (χ1n) is 12.8. The number of benzene rings is 1. The lowest BCUT2D eigenvalue weighted by Crippen LogP contribution is -2.41. The van der Waals surface area contributed by atoms with Crippen LogP contribution in [0.4, 0.5) is 0 Å². The van der Waals surface area contributed by atoms with E-state index in [1.165, 1.54) is 7.11 Å². The number of aromatic nitrogens is 3. The molecule has 3 aromatic rings. The molecule has 0 N–H and O–H groups in total. The fourth-order valence-corrected chi connectivity index (χ4v) is 5.90. The Kier molecular flexibility index (Phi) is 8.48. The predicted octanol–water partition coefficient (Wildman–Crippen LogP) is 7.69. The molecule has 0 saturated heterocycles. The smallest absolute Gasteiger partial charge is 0.354 e. The Balaban J connectivity index is 2.14. The van der Waals surface area contributed by atoms with E-state index in [1.807, 2.05) is 30.7 Å². The maximum atomic E-state index is 13.0. The van der Waals surface area contributed by atoms with Gasteiger partial charge in [0.1, 0.15) is 5.69 Å². The molecule has 0 aliphatic carbocycles. The van der Waals surface area contributed by atoms with Crippen molar-refractivity contribution >= 4 is 36.8 Å². The van der Waals surface area contributed by atoms with Gasteiger partial charge in [-0.25, -0.2) is 4.79 Å². The topological polar surface area (TPSA) is 58.3 Å². The number of ether oxygens (including phenoxy) is 1. The standard InChI is InChI=1S/C28H42ClN3O3Si/c1-11-15-32-25(18(2)20(4)30-32)24-21(29)13-14-22-23(24)19(3)26(27(33)34-8)31(22)16-12-17-35-36(9,10)28(5,6)7/h13-14H,11-12,15-17H2,1-10H3. The van der Waals surface area contributed by atoms with Crippen LogP contribution >= 0.6 is 11.6 Å². The van der Waals surface area contributed by atoms with Crippen molar-refractivity contribution in [3.63, 3.8) is 0 Å². The average Bonchev–Trinajstić information content (AvgIpc) is 3.23. The van der Waals surface area contributed by atoms with Crippen LogP contribution in [0, 0.1) is 20.8 Å². The lowest BCUT2D eigenvalue weighted by atomic mass is 9.99. The molecular weight excluding hydrogens is 490 g/mol. The van der Waals surface area contributed by atoms with Gasteiger partial charge in [-0.3, -0.25) is 4.68 Å². The van der Waals surface area contributed by atoms with Gasteiger partial charge in [-0.05, 0) is 75.0 Å². The lowest BCUT2D eigenvalue weighted by Gasteiger charge is -2.36. The second-order valence-electron chi connectivity index (χ2n) is 11.2. The van der Waals surface area contributed by atoms with E-state index in [0.717, 1.165) is 58.4 Å². The minimum atomic E-state index is -1.84. The molecule has 3 rings (SSSR count). The van der Waals surface area contributed by atoms with Crippen LogP contribution < -0.4 is 0 Å². The van der Waals surface area contributed by atoms with Crippen molar-refractivity contribution in [1.82, 2.24) is 14.3 Å². The summed E-state index contributed by atoms with van der Waals surface area (Å²) in [5, 5.41) is 6.58. The number of nitrogens with zero attached hydrogens (tertiary/aromatic N) is 3. The Labute approximate surface area is 222 Å². The molecular formula is C28H42ClN3O3Si. The van der Waals surface area contributed by atoms with Gasteiger partial charge in [0.15, 0.2) is 8.32 Å². The molecule has 1 aromatic carbocycles. The summed E-state index contributed by atoms with van der Waals surface area (Å²) in [5.74, 6) is -0.342. The molecule has 0 aliphatic rings. The van der Waals surface area contributed by atoms with Gasteiger partial charge in [0.05, 0.1) is 23.5 Å². The molecule has 2 heterocycles. The van der Waals surface area contributed by atoms with Gasteiger partial charge in [-0.1, -0.05) is 39.3 Å². The molecule has 0 atom stereocenters. The number of methoxy groups -OCH3 is 1. The molecule has 0 spiro atoms. The van der Waals surface area contributed by atoms with E-state index < -0.39 is 8.32 Å². The van der Waals surface area contributed by atoms with Gasteiger partial charge in [-0.15, -0.1) is 0 Å². The maximum absolute atomic E-state index is 13.0. The predicted molar refractivity (Wildman–Crippen MR) is 152 cm³/mol. The van der Waals surface area contributed by atoms with E-state index in [-0.39, 0.29) is 11.0 Å². The highest BCUT2D eigenvalue weighted by molar-refractivity contribution is 6.74. The Bertz CT molecular complexity index is 1270. The normalized spacial score (nSPS) is 12.5. The molecule has 2 aromatic heterocycles. The maximum Gasteiger partial charge on any atom is 0.354 e. The molecule has 0 unspecified atom stereocenters. The first kappa shape index (κ1) is 28.5. The first-order chi connectivity index (χ1) is 16.8. The second kappa shape index (κ2) is 10.7. The van der Waals surface area contributed by atoms with Crippen molar-refractivity contribution < 1.29 is 14.0 Å².